The van der Waals surface area contributed by atoms with Crippen LogP contribution < -0.4 is 20.5 Å². The minimum atomic E-state index is -4.06. The highest BCUT2D eigenvalue weighted by molar-refractivity contribution is 7.93. The third-order valence-corrected chi connectivity index (χ3v) is 8.21. The minimum absolute atomic E-state index is 0.0164. The average Bonchev–Trinajstić information content (AvgIpc) is 2.87. The van der Waals surface area contributed by atoms with Gasteiger partial charge in [-0.2, -0.15) is 0 Å². The van der Waals surface area contributed by atoms with Gasteiger partial charge in [0.1, 0.15) is 23.4 Å². The lowest BCUT2D eigenvalue weighted by atomic mass is 10.0. The largest absolute Gasteiger partial charge is 0.490 e. The molecule has 6 N–H and O–H groups in total. The number of nitrogen functional groups attached to an aromatic ring is 1. The summed E-state index contributed by atoms with van der Waals surface area (Å²) >= 11 is 0. The Morgan fingerprint density at radius 3 is 2.26 bits per heavy atom. The van der Waals surface area contributed by atoms with Gasteiger partial charge in [0.25, 0.3) is 0 Å². The average molecular weight is 537 g/mol. The first kappa shape index (κ1) is 26.9. The van der Waals surface area contributed by atoms with E-state index in [2.05, 4.69) is 0 Å². The van der Waals surface area contributed by atoms with Crippen LogP contribution in [0.25, 0.3) is 10.8 Å². The topological polar surface area (TPSA) is 167 Å². The molecule has 200 valence electrons. The number of hydrogen-bond acceptors (Lipinski definition) is 6. The van der Waals surface area contributed by atoms with Gasteiger partial charge in [-0.3, -0.25) is 19.9 Å². The summed E-state index contributed by atoms with van der Waals surface area (Å²) in [4.78, 5) is 13.6. The molecule has 1 heterocycles. The highest BCUT2D eigenvalue weighted by atomic mass is 32.2. The summed E-state index contributed by atoms with van der Waals surface area (Å²) in [6.45, 7) is 3.28. The standard InChI is InChI=1S/C27H32N6O4S/c1-18(28)32-12-10-25(11-13-32)37-24-8-6-23(7-9-24)33(38(35,36)17-26(29)34)16-19-2-3-20-4-5-21(27(30)31)15-22(20)14-19/h2-9,14-15,25,28H,10-13,16-17H2,1H3,(H2,29,34)(H3,30,31). The number of ether oxygens (including phenoxy) is 1. The van der Waals surface area contributed by atoms with Crippen LogP contribution in [0.3, 0.4) is 0 Å². The Morgan fingerprint density at radius 2 is 1.66 bits per heavy atom. The van der Waals surface area contributed by atoms with Crippen LogP contribution in [-0.4, -0.2) is 55.8 Å². The van der Waals surface area contributed by atoms with Crippen molar-refractivity contribution in [1.29, 1.82) is 10.8 Å². The third kappa shape index (κ3) is 6.41. The molecule has 11 heteroatoms. The van der Waals surface area contributed by atoms with E-state index in [0.717, 1.165) is 36.7 Å². The first-order chi connectivity index (χ1) is 18.0. The summed E-state index contributed by atoms with van der Waals surface area (Å²) in [6, 6.07) is 17.7. The lowest BCUT2D eigenvalue weighted by Crippen LogP contribution is -2.40. The number of amides is 1. The van der Waals surface area contributed by atoms with Gasteiger partial charge >= 0.3 is 0 Å². The lowest BCUT2D eigenvalue weighted by Gasteiger charge is -2.33. The second-order valence-electron chi connectivity index (χ2n) is 9.42. The molecule has 0 aliphatic carbocycles. The molecule has 1 aliphatic heterocycles. The first-order valence-electron chi connectivity index (χ1n) is 12.2. The molecule has 1 amide bonds. The molecule has 1 aliphatic rings. The van der Waals surface area contributed by atoms with Crippen LogP contribution in [-0.2, 0) is 21.4 Å². The number of nitrogens with one attached hydrogen (secondary N) is 2. The molecule has 3 aromatic rings. The number of hydrogen-bond donors (Lipinski definition) is 4. The number of anilines is 1. The maximum Gasteiger partial charge on any atom is 0.244 e. The van der Waals surface area contributed by atoms with Crippen molar-refractivity contribution < 1.29 is 17.9 Å². The van der Waals surface area contributed by atoms with Crippen LogP contribution >= 0.6 is 0 Å². The Labute approximate surface area is 222 Å². The third-order valence-electron chi connectivity index (χ3n) is 6.55. The molecule has 0 saturated carbocycles. The van der Waals surface area contributed by atoms with Crippen molar-refractivity contribution in [2.45, 2.75) is 32.4 Å². The zero-order valence-electron chi connectivity index (χ0n) is 21.2. The fourth-order valence-corrected chi connectivity index (χ4v) is 5.83. The summed E-state index contributed by atoms with van der Waals surface area (Å²) in [5, 5.41) is 17.2. The summed E-state index contributed by atoms with van der Waals surface area (Å²) in [5.74, 6) is -0.644. The summed E-state index contributed by atoms with van der Waals surface area (Å²) < 4.78 is 33.6. The Morgan fingerprint density at radius 1 is 1.00 bits per heavy atom. The fourth-order valence-electron chi connectivity index (χ4n) is 4.53. The Hall–Kier alpha value is -4.12. The molecule has 0 spiro atoms. The molecule has 3 aromatic carbocycles. The number of sulfonamides is 1. The molecule has 10 nitrogen and oxygen atoms in total. The zero-order valence-corrected chi connectivity index (χ0v) is 22.0. The molecular formula is C27H32N6O4S. The van der Waals surface area contributed by atoms with Crippen molar-refractivity contribution in [3.8, 4) is 5.75 Å². The van der Waals surface area contributed by atoms with E-state index in [9.17, 15) is 13.2 Å². The predicted molar refractivity (Wildman–Crippen MR) is 149 cm³/mol. The SMILES string of the molecule is CC(=N)N1CCC(Oc2ccc(N(Cc3ccc4ccc(C(=N)N)cc4c3)S(=O)(=O)CC(N)=O)cc2)CC1. The Balaban J connectivity index is 1.57. The van der Waals surface area contributed by atoms with Gasteiger partial charge in [0.2, 0.25) is 15.9 Å². The number of carbonyl (C=O) groups is 1. The Bertz CT molecular complexity index is 1460. The maximum absolute atomic E-state index is 13.2. The zero-order chi connectivity index (χ0) is 27.4. The van der Waals surface area contributed by atoms with E-state index in [-0.39, 0.29) is 18.5 Å². The Kier molecular flexibility index (Phi) is 7.86. The first-order valence-corrected chi connectivity index (χ1v) is 13.9. The second-order valence-corrected chi connectivity index (χ2v) is 11.3. The predicted octanol–water partition coefficient (Wildman–Crippen LogP) is 2.79. The quantitative estimate of drug-likeness (QED) is 0.242. The van der Waals surface area contributed by atoms with Crippen LogP contribution in [0.1, 0.15) is 30.9 Å². The molecule has 38 heavy (non-hydrogen) atoms. The number of amidine groups is 2. The molecule has 0 unspecified atom stereocenters. The van der Waals surface area contributed by atoms with Gasteiger partial charge in [-0.25, -0.2) is 8.42 Å². The molecule has 0 bridgehead atoms. The van der Waals surface area contributed by atoms with E-state index in [1.165, 1.54) is 4.31 Å². The summed E-state index contributed by atoms with van der Waals surface area (Å²) in [7, 11) is -4.06. The van der Waals surface area contributed by atoms with Crippen molar-refractivity contribution >= 4 is 44.1 Å². The molecule has 0 aromatic heterocycles. The highest BCUT2D eigenvalue weighted by Gasteiger charge is 2.26. The monoisotopic (exact) mass is 536 g/mol. The van der Waals surface area contributed by atoms with Crippen LogP contribution in [0.4, 0.5) is 5.69 Å². The van der Waals surface area contributed by atoms with Crippen molar-refractivity contribution in [1.82, 2.24) is 4.90 Å². The van der Waals surface area contributed by atoms with Crippen molar-refractivity contribution in [3.63, 3.8) is 0 Å². The lowest BCUT2D eigenvalue weighted by molar-refractivity contribution is -0.115. The molecule has 0 atom stereocenters. The smallest absolute Gasteiger partial charge is 0.244 e. The number of nitrogens with two attached hydrogens (primary N) is 2. The number of primary amides is 1. The van der Waals surface area contributed by atoms with E-state index >= 15 is 0 Å². The minimum Gasteiger partial charge on any atom is -0.490 e. The van der Waals surface area contributed by atoms with Crippen LogP contribution in [0.2, 0.25) is 0 Å². The van der Waals surface area contributed by atoms with Gasteiger partial charge in [0.05, 0.1) is 18.1 Å². The molecule has 1 fully saturated rings. The van der Waals surface area contributed by atoms with E-state index in [1.54, 1.807) is 43.3 Å². The fraction of sp³-hybridized carbons (Fsp3) is 0.296. The van der Waals surface area contributed by atoms with Gasteiger partial charge < -0.3 is 21.1 Å². The number of rotatable bonds is 9. The van der Waals surface area contributed by atoms with E-state index in [4.69, 9.17) is 27.0 Å². The van der Waals surface area contributed by atoms with Crippen LogP contribution in [0.15, 0.2) is 60.7 Å². The van der Waals surface area contributed by atoms with Crippen molar-refractivity contribution in [2.24, 2.45) is 11.5 Å². The number of fused-ring (bicyclic) bond motifs is 1. The number of likely N-dealkylation sites (tertiary alicyclic amines) is 1. The van der Waals surface area contributed by atoms with Crippen molar-refractivity contribution in [3.05, 3.63) is 71.8 Å². The number of piperidine rings is 1. The molecule has 4 rings (SSSR count). The number of nitrogens with zero attached hydrogens (tertiary/aromatic N) is 2. The molecule has 0 radical (unpaired) electrons. The van der Waals surface area contributed by atoms with Gasteiger partial charge in [0, 0.05) is 31.5 Å². The highest BCUT2D eigenvalue weighted by Crippen LogP contribution is 2.27. The maximum atomic E-state index is 13.2. The molecular weight excluding hydrogens is 504 g/mol. The normalized spacial score (nSPS) is 14.3. The van der Waals surface area contributed by atoms with E-state index < -0.39 is 21.7 Å². The van der Waals surface area contributed by atoms with Crippen LogP contribution in [0.5, 0.6) is 5.75 Å². The van der Waals surface area contributed by atoms with E-state index in [1.807, 2.05) is 29.2 Å². The van der Waals surface area contributed by atoms with Crippen molar-refractivity contribution in [2.75, 3.05) is 23.1 Å². The van der Waals surface area contributed by atoms with Gasteiger partial charge in [-0.15, -0.1) is 0 Å². The van der Waals surface area contributed by atoms with Gasteiger partial charge in [-0.05, 0) is 59.7 Å². The van der Waals surface area contributed by atoms with Gasteiger partial charge in [-0.1, -0.05) is 24.3 Å². The number of benzene rings is 3. The van der Waals surface area contributed by atoms with E-state index in [0.29, 0.717) is 28.4 Å². The van der Waals surface area contributed by atoms with Crippen LogP contribution in [0, 0.1) is 10.8 Å². The summed E-state index contributed by atoms with van der Waals surface area (Å²) in [6.07, 6.45) is 1.61. The van der Waals surface area contributed by atoms with Gasteiger partial charge in [0.15, 0.2) is 0 Å². The summed E-state index contributed by atoms with van der Waals surface area (Å²) in [5.41, 5.74) is 12.5. The second kappa shape index (κ2) is 11.1. The number of carbonyl (C=O) groups excluding carboxylic acids is 1. The molecule has 1 saturated heterocycles.